The molecule has 3 aromatic heterocycles. The fraction of sp³-hybridized carbons (Fsp3) is 0.0909. The van der Waals surface area contributed by atoms with Crippen LogP contribution in [0.25, 0.3) is 17.1 Å². The first-order valence-corrected chi connectivity index (χ1v) is 9.49. The first-order chi connectivity index (χ1) is 15.5. The van der Waals surface area contributed by atoms with Gasteiger partial charge < -0.3 is 9.15 Å². The van der Waals surface area contributed by atoms with Crippen LogP contribution in [0.5, 0.6) is 5.75 Å². The summed E-state index contributed by atoms with van der Waals surface area (Å²) in [6.07, 6.45) is 3.39. The number of aromatic amines is 1. The Labute approximate surface area is 182 Å². The molecular formula is C22H18N6O4. The summed E-state index contributed by atoms with van der Waals surface area (Å²) in [5.41, 5.74) is 6.22. The van der Waals surface area contributed by atoms with Crippen molar-refractivity contribution in [2.75, 3.05) is 7.11 Å². The highest BCUT2D eigenvalue weighted by molar-refractivity contribution is 6.01. The van der Waals surface area contributed by atoms with Crippen LogP contribution in [0.15, 0.2) is 59.3 Å². The van der Waals surface area contributed by atoms with Crippen molar-refractivity contribution in [2.24, 2.45) is 0 Å². The molecule has 32 heavy (non-hydrogen) atoms. The van der Waals surface area contributed by atoms with E-state index < -0.39 is 11.8 Å². The number of nitrogens with one attached hydrogen (secondary N) is 3. The van der Waals surface area contributed by atoms with Gasteiger partial charge in [-0.05, 0) is 49.4 Å². The van der Waals surface area contributed by atoms with Gasteiger partial charge in [0, 0.05) is 18.0 Å². The first-order valence-electron chi connectivity index (χ1n) is 9.49. The van der Waals surface area contributed by atoms with Crippen molar-refractivity contribution in [3.05, 3.63) is 77.4 Å². The third-order valence-electron chi connectivity index (χ3n) is 4.74. The van der Waals surface area contributed by atoms with Crippen LogP contribution in [0.3, 0.4) is 0 Å². The van der Waals surface area contributed by atoms with Crippen molar-refractivity contribution in [2.45, 2.75) is 6.92 Å². The number of methoxy groups -OCH3 is 1. The highest BCUT2D eigenvalue weighted by Crippen LogP contribution is 2.25. The van der Waals surface area contributed by atoms with Crippen molar-refractivity contribution in [1.82, 2.24) is 25.6 Å². The van der Waals surface area contributed by atoms with E-state index in [-0.39, 0.29) is 28.5 Å². The molecular weight excluding hydrogens is 412 g/mol. The molecule has 10 heteroatoms. The largest absolute Gasteiger partial charge is 0.497 e. The minimum atomic E-state index is -0.676. The van der Waals surface area contributed by atoms with Gasteiger partial charge in [0.25, 0.3) is 11.8 Å². The summed E-state index contributed by atoms with van der Waals surface area (Å²) in [5.74, 6) is -0.0963. The number of H-pyrrole nitrogens is 1. The molecule has 2 amide bonds. The number of aryl methyl sites for hydroxylation is 1. The standard InChI is InChI=1S/C22H18N6O4/c1-13-19(16(12-23)22(32-13)28-9-3-4-10-28)21(30)27-26-20(29)18-11-17(24-25-18)14-5-7-15(31-2)8-6-14/h3-11H,1-2H3,(H,24,25)(H,26,29)(H,27,30). The number of amides is 2. The zero-order valence-electron chi connectivity index (χ0n) is 17.2. The molecule has 4 aromatic rings. The Balaban J connectivity index is 1.46. The smallest absolute Gasteiger partial charge is 0.287 e. The van der Waals surface area contributed by atoms with Crippen molar-refractivity contribution < 1.29 is 18.7 Å². The monoisotopic (exact) mass is 430 g/mol. The van der Waals surface area contributed by atoms with Crippen LogP contribution in [0.2, 0.25) is 0 Å². The lowest BCUT2D eigenvalue weighted by Gasteiger charge is -2.05. The third-order valence-corrected chi connectivity index (χ3v) is 4.74. The topological polar surface area (TPSA) is 138 Å². The van der Waals surface area contributed by atoms with E-state index in [1.54, 1.807) is 61.3 Å². The van der Waals surface area contributed by atoms with E-state index in [1.807, 2.05) is 18.2 Å². The summed E-state index contributed by atoms with van der Waals surface area (Å²) < 4.78 is 12.3. The van der Waals surface area contributed by atoms with Gasteiger partial charge in [-0.3, -0.25) is 30.1 Å². The number of rotatable bonds is 5. The van der Waals surface area contributed by atoms with Crippen LogP contribution in [0, 0.1) is 18.3 Å². The minimum absolute atomic E-state index is 0.0417. The molecule has 4 rings (SSSR count). The molecule has 0 unspecified atom stereocenters. The maximum atomic E-state index is 12.7. The number of hydrogen-bond donors (Lipinski definition) is 3. The maximum absolute atomic E-state index is 12.7. The van der Waals surface area contributed by atoms with Gasteiger partial charge in [-0.25, -0.2) is 0 Å². The number of nitriles is 1. The van der Waals surface area contributed by atoms with E-state index in [4.69, 9.17) is 9.15 Å². The molecule has 0 spiro atoms. The quantitative estimate of drug-likeness (QED) is 0.416. The molecule has 0 saturated carbocycles. The zero-order valence-corrected chi connectivity index (χ0v) is 17.2. The Morgan fingerprint density at radius 1 is 1.16 bits per heavy atom. The number of aromatic nitrogens is 3. The Morgan fingerprint density at radius 2 is 1.84 bits per heavy atom. The lowest BCUT2D eigenvalue weighted by molar-refractivity contribution is 0.0843. The van der Waals surface area contributed by atoms with Crippen LogP contribution in [-0.4, -0.2) is 33.7 Å². The molecule has 0 aliphatic carbocycles. The number of ether oxygens (including phenoxy) is 1. The summed E-state index contributed by atoms with van der Waals surface area (Å²) >= 11 is 0. The minimum Gasteiger partial charge on any atom is -0.497 e. The van der Waals surface area contributed by atoms with Gasteiger partial charge in [-0.1, -0.05) is 0 Å². The molecule has 0 atom stereocenters. The molecule has 3 heterocycles. The van der Waals surface area contributed by atoms with Crippen LogP contribution in [0.4, 0.5) is 0 Å². The normalized spacial score (nSPS) is 10.4. The molecule has 10 nitrogen and oxygen atoms in total. The molecule has 3 N–H and O–H groups in total. The SMILES string of the molecule is COc1ccc(-c2cc(C(=O)NNC(=O)c3c(C)oc(-n4cccc4)c3C#N)[nH]n2)cc1. The van der Waals surface area contributed by atoms with Crippen LogP contribution in [-0.2, 0) is 0 Å². The summed E-state index contributed by atoms with van der Waals surface area (Å²) in [4.78, 5) is 25.1. The molecule has 0 saturated heterocycles. The average Bonchev–Trinajstić information content (AvgIpc) is 3.56. The Kier molecular flexibility index (Phi) is 5.46. The number of carbonyl (C=O) groups excluding carboxylic acids is 2. The molecule has 1 aromatic carbocycles. The fourth-order valence-electron chi connectivity index (χ4n) is 3.15. The van der Waals surface area contributed by atoms with Crippen molar-refractivity contribution in [3.8, 4) is 29.0 Å². The van der Waals surface area contributed by atoms with E-state index in [2.05, 4.69) is 21.0 Å². The predicted molar refractivity (Wildman–Crippen MR) is 113 cm³/mol. The van der Waals surface area contributed by atoms with Gasteiger partial charge in [0.1, 0.15) is 34.4 Å². The molecule has 0 fully saturated rings. The number of furan rings is 1. The predicted octanol–water partition coefficient (Wildman–Crippen LogP) is 2.72. The number of nitrogens with zero attached hydrogens (tertiary/aromatic N) is 3. The first kappa shape index (κ1) is 20.5. The highest BCUT2D eigenvalue weighted by atomic mass is 16.5. The van der Waals surface area contributed by atoms with Crippen LogP contribution < -0.4 is 15.6 Å². The van der Waals surface area contributed by atoms with E-state index in [1.165, 1.54) is 0 Å². The van der Waals surface area contributed by atoms with Gasteiger partial charge in [-0.2, -0.15) is 10.4 Å². The van der Waals surface area contributed by atoms with Gasteiger partial charge >= 0.3 is 0 Å². The number of carbonyl (C=O) groups is 2. The van der Waals surface area contributed by atoms with E-state index >= 15 is 0 Å². The number of hydrogen-bond acceptors (Lipinski definition) is 6. The average molecular weight is 430 g/mol. The van der Waals surface area contributed by atoms with Crippen LogP contribution >= 0.6 is 0 Å². The van der Waals surface area contributed by atoms with Gasteiger partial charge in [0.2, 0.25) is 5.88 Å². The number of benzene rings is 1. The van der Waals surface area contributed by atoms with Gasteiger partial charge in [-0.15, -0.1) is 0 Å². The second-order valence-electron chi connectivity index (χ2n) is 6.72. The van der Waals surface area contributed by atoms with Gasteiger partial charge in [0.15, 0.2) is 0 Å². The van der Waals surface area contributed by atoms with Crippen LogP contribution in [0.1, 0.15) is 32.2 Å². The van der Waals surface area contributed by atoms with Crippen molar-refractivity contribution >= 4 is 11.8 Å². The Morgan fingerprint density at radius 3 is 2.50 bits per heavy atom. The molecule has 160 valence electrons. The van der Waals surface area contributed by atoms with Crippen molar-refractivity contribution in [3.63, 3.8) is 0 Å². The van der Waals surface area contributed by atoms with E-state index in [0.29, 0.717) is 11.4 Å². The zero-order chi connectivity index (χ0) is 22.7. The lowest BCUT2D eigenvalue weighted by atomic mass is 10.1. The second kappa shape index (κ2) is 8.53. The summed E-state index contributed by atoms with van der Waals surface area (Å²) in [6, 6.07) is 14.3. The number of hydrazine groups is 1. The lowest BCUT2D eigenvalue weighted by Crippen LogP contribution is -2.42. The molecule has 0 bridgehead atoms. The Hall–Kier alpha value is -4.78. The Bertz CT molecular complexity index is 1310. The highest BCUT2D eigenvalue weighted by Gasteiger charge is 2.25. The second-order valence-corrected chi connectivity index (χ2v) is 6.72. The maximum Gasteiger partial charge on any atom is 0.287 e. The summed E-state index contributed by atoms with van der Waals surface area (Å²) in [5, 5.41) is 16.3. The fourth-order valence-corrected chi connectivity index (χ4v) is 3.15. The molecule has 0 aliphatic heterocycles. The van der Waals surface area contributed by atoms with Gasteiger partial charge in [0.05, 0.1) is 12.8 Å². The summed E-state index contributed by atoms with van der Waals surface area (Å²) in [6.45, 7) is 1.57. The van der Waals surface area contributed by atoms with Crippen molar-refractivity contribution in [1.29, 1.82) is 5.26 Å². The molecule has 0 radical (unpaired) electrons. The summed E-state index contributed by atoms with van der Waals surface area (Å²) in [7, 11) is 1.58. The van der Waals surface area contributed by atoms with E-state index in [9.17, 15) is 14.9 Å². The molecule has 0 aliphatic rings. The van der Waals surface area contributed by atoms with E-state index in [0.717, 1.165) is 5.56 Å². The third kappa shape index (κ3) is 3.82.